The van der Waals surface area contributed by atoms with E-state index in [4.69, 9.17) is 5.11 Å². The monoisotopic (exact) mass is 371 g/mol. The van der Waals surface area contributed by atoms with Crippen molar-refractivity contribution in [1.82, 2.24) is 0 Å². The fourth-order valence-corrected chi connectivity index (χ4v) is 3.06. The number of hydrogen-bond donors (Lipinski definition) is 1. The summed E-state index contributed by atoms with van der Waals surface area (Å²) in [5.41, 5.74) is -0.328. The van der Waals surface area contributed by atoms with Crippen LogP contribution in [-0.4, -0.2) is 16.0 Å². The highest BCUT2D eigenvalue weighted by molar-refractivity contribution is 9.10. The summed E-state index contributed by atoms with van der Waals surface area (Å²) in [6.07, 6.45) is 0. The maximum absolute atomic E-state index is 13.8. The Balaban J connectivity index is 2.40. The molecule has 0 spiro atoms. The van der Waals surface area contributed by atoms with Crippen LogP contribution in [0.2, 0.25) is 0 Å². The van der Waals surface area contributed by atoms with Crippen molar-refractivity contribution in [3.8, 4) is 0 Å². The van der Waals surface area contributed by atoms with E-state index in [0.717, 1.165) is 17.8 Å². The third kappa shape index (κ3) is 3.59. The van der Waals surface area contributed by atoms with Gasteiger partial charge in [0.2, 0.25) is 0 Å². The number of carboxylic acids is 1. The van der Waals surface area contributed by atoms with Crippen LogP contribution in [0.1, 0.15) is 10.4 Å². The first-order chi connectivity index (χ1) is 9.88. The molecular weight excluding hydrogens is 365 g/mol. The van der Waals surface area contributed by atoms with E-state index in [9.17, 15) is 19.3 Å². The normalized spacial score (nSPS) is 10.4. The van der Waals surface area contributed by atoms with Gasteiger partial charge in [-0.15, -0.1) is 0 Å². The highest BCUT2D eigenvalue weighted by Gasteiger charge is 2.16. The van der Waals surface area contributed by atoms with Gasteiger partial charge in [-0.25, -0.2) is 9.18 Å². The number of rotatable bonds is 4. The molecule has 2 rings (SSSR count). The van der Waals surface area contributed by atoms with Crippen molar-refractivity contribution in [3.63, 3.8) is 0 Å². The highest BCUT2D eigenvalue weighted by atomic mass is 79.9. The lowest BCUT2D eigenvalue weighted by molar-refractivity contribution is -0.385. The van der Waals surface area contributed by atoms with Gasteiger partial charge in [0.25, 0.3) is 5.69 Å². The van der Waals surface area contributed by atoms with E-state index >= 15 is 0 Å². The summed E-state index contributed by atoms with van der Waals surface area (Å²) in [7, 11) is 0. The molecule has 0 aromatic heterocycles. The molecule has 21 heavy (non-hydrogen) atoms. The largest absolute Gasteiger partial charge is 0.478 e. The first kappa shape index (κ1) is 15.5. The molecule has 8 heteroatoms. The smallest absolute Gasteiger partial charge is 0.336 e. The van der Waals surface area contributed by atoms with E-state index in [-0.39, 0.29) is 16.1 Å². The minimum absolute atomic E-state index is 0.0287. The zero-order valence-corrected chi connectivity index (χ0v) is 12.6. The fourth-order valence-electron chi connectivity index (χ4n) is 1.56. The van der Waals surface area contributed by atoms with Crippen LogP contribution in [0.25, 0.3) is 0 Å². The molecule has 5 nitrogen and oxygen atoms in total. The number of nitro groups is 1. The number of non-ortho nitro benzene ring substituents is 1. The van der Waals surface area contributed by atoms with Gasteiger partial charge < -0.3 is 5.11 Å². The Morgan fingerprint density at radius 1 is 1.24 bits per heavy atom. The molecule has 2 aromatic carbocycles. The predicted octanol–water partition coefficient (Wildman–Crippen LogP) is 4.35. The molecule has 108 valence electrons. The molecule has 0 heterocycles. The number of carboxylic acid groups (broad SMARTS) is 1. The van der Waals surface area contributed by atoms with Crippen LogP contribution in [0.3, 0.4) is 0 Å². The molecule has 0 saturated carbocycles. The third-order valence-corrected chi connectivity index (χ3v) is 4.12. The Labute approximate surface area is 131 Å². The van der Waals surface area contributed by atoms with Crippen LogP contribution < -0.4 is 0 Å². The van der Waals surface area contributed by atoms with E-state index in [1.54, 1.807) is 12.1 Å². The SMILES string of the molecule is O=C(O)c1ccc(Br)cc1Sc1ccc([N+](=O)[O-])cc1F. The first-order valence-electron chi connectivity index (χ1n) is 5.53. The van der Waals surface area contributed by atoms with Gasteiger partial charge in [0, 0.05) is 20.3 Å². The fraction of sp³-hybridized carbons (Fsp3) is 0. The molecule has 0 radical (unpaired) electrons. The van der Waals surface area contributed by atoms with Gasteiger partial charge in [0.1, 0.15) is 5.82 Å². The minimum Gasteiger partial charge on any atom is -0.478 e. The molecule has 0 atom stereocenters. The van der Waals surface area contributed by atoms with Crippen molar-refractivity contribution in [1.29, 1.82) is 0 Å². The van der Waals surface area contributed by atoms with E-state index in [1.165, 1.54) is 18.2 Å². The maximum Gasteiger partial charge on any atom is 0.336 e. The number of hydrogen-bond acceptors (Lipinski definition) is 4. The van der Waals surface area contributed by atoms with Gasteiger partial charge in [-0.05, 0) is 24.3 Å². The second-order valence-electron chi connectivity index (χ2n) is 3.92. The van der Waals surface area contributed by atoms with Gasteiger partial charge in [0.15, 0.2) is 0 Å². The average molecular weight is 372 g/mol. The number of halogens is 2. The van der Waals surface area contributed by atoms with E-state index in [1.807, 2.05) is 0 Å². The van der Waals surface area contributed by atoms with Crippen molar-refractivity contribution in [2.45, 2.75) is 9.79 Å². The van der Waals surface area contributed by atoms with Gasteiger partial charge in [0.05, 0.1) is 16.6 Å². The van der Waals surface area contributed by atoms with Crippen LogP contribution in [0.4, 0.5) is 10.1 Å². The topological polar surface area (TPSA) is 80.4 Å². The molecule has 0 bridgehead atoms. The Morgan fingerprint density at radius 3 is 2.52 bits per heavy atom. The number of nitro benzene ring substituents is 1. The molecule has 2 aromatic rings. The zero-order chi connectivity index (χ0) is 15.6. The van der Waals surface area contributed by atoms with Gasteiger partial charge in [-0.3, -0.25) is 10.1 Å². The van der Waals surface area contributed by atoms with Gasteiger partial charge in [-0.1, -0.05) is 27.7 Å². The maximum atomic E-state index is 13.8. The van der Waals surface area contributed by atoms with Crippen LogP contribution >= 0.6 is 27.7 Å². The number of nitrogens with zero attached hydrogens (tertiary/aromatic N) is 1. The van der Waals surface area contributed by atoms with Crippen molar-refractivity contribution >= 4 is 39.3 Å². The summed E-state index contributed by atoms with van der Waals surface area (Å²) >= 11 is 4.11. The van der Waals surface area contributed by atoms with E-state index in [2.05, 4.69) is 15.9 Å². The van der Waals surface area contributed by atoms with Crippen molar-refractivity contribution < 1.29 is 19.2 Å². The Hall–Kier alpha value is -1.93. The summed E-state index contributed by atoms with van der Waals surface area (Å²) < 4.78 is 14.5. The highest BCUT2D eigenvalue weighted by Crippen LogP contribution is 2.35. The van der Waals surface area contributed by atoms with Crippen molar-refractivity contribution in [2.24, 2.45) is 0 Å². The standard InChI is InChI=1S/C13H7BrFNO4S/c14-7-1-3-9(13(17)18)12(5-7)21-11-4-2-8(16(19)20)6-10(11)15/h1-6H,(H,17,18). The number of carbonyl (C=O) groups is 1. The molecular formula is C13H7BrFNO4S. The summed E-state index contributed by atoms with van der Waals surface area (Å²) in [5.74, 6) is -1.90. The van der Waals surface area contributed by atoms with Crippen LogP contribution in [0.15, 0.2) is 50.7 Å². The Kier molecular flexibility index (Phi) is 4.59. The lowest BCUT2D eigenvalue weighted by Crippen LogP contribution is -1.99. The second-order valence-corrected chi connectivity index (χ2v) is 5.92. The Bertz CT molecular complexity index is 738. The summed E-state index contributed by atoms with van der Waals surface area (Å²) in [5, 5.41) is 19.7. The minimum atomic E-state index is -1.13. The lowest BCUT2D eigenvalue weighted by Gasteiger charge is -2.07. The molecule has 0 fully saturated rings. The van der Waals surface area contributed by atoms with Gasteiger partial charge >= 0.3 is 5.97 Å². The summed E-state index contributed by atoms with van der Waals surface area (Å²) in [6, 6.07) is 7.75. The molecule has 0 aliphatic carbocycles. The van der Waals surface area contributed by atoms with Crippen LogP contribution in [0, 0.1) is 15.9 Å². The second kappa shape index (κ2) is 6.23. The number of benzene rings is 2. The molecule has 0 saturated heterocycles. The zero-order valence-electron chi connectivity index (χ0n) is 10.2. The van der Waals surface area contributed by atoms with E-state index < -0.39 is 16.7 Å². The number of aromatic carboxylic acids is 1. The summed E-state index contributed by atoms with van der Waals surface area (Å²) in [6.45, 7) is 0. The van der Waals surface area contributed by atoms with Crippen LogP contribution in [-0.2, 0) is 0 Å². The molecule has 1 N–H and O–H groups in total. The van der Waals surface area contributed by atoms with Crippen LogP contribution in [0.5, 0.6) is 0 Å². The summed E-state index contributed by atoms with van der Waals surface area (Å²) in [4.78, 5) is 21.5. The molecule has 0 unspecified atom stereocenters. The lowest BCUT2D eigenvalue weighted by atomic mass is 10.2. The third-order valence-electron chi connectivity index (χ3n) is 2.52. The average Bonchev–Trinajstić information content (AvgIpc) is 2.40. The predicted molar refractivity (Wildman–Crippen MR) is 78.3 cm³/mol. The quantitative estimate of drug-likeness (QED) is 0.638. The molecule has 0 aliphatic rings. The molecule has 0 aliphatic heterocycles. The van der Waals surface area contributed by atoms with Gasteiger partial charge in [-0.2, -0.15) is 0 Å². The Morgan fingerprint density at radius 2 is 1.95 bits per heavy atom. The first-order valence-corrected chi connectivity index (χ1v) is 7.14. The molecule has 0 amide bonds. The van der Waals surface area contributed by atoms with E-state index in [0.29, 0.717) is 9.37 Å². The van der Waals surface area contributed by atoms with Crippen molar-refractivity contribution in [3.05, 3.63) is 62.4 Å². The van der Waals surface area contributed by atoms with Crippen molar-refractivity contribution in [2.75, 3.05) is 0 Å².